The van der Waals surface area contributed by atoms with Crippen molar-refractivity contribution in [2.45, 2.75) is 39.2 Å². The molecular formula is C11H16N2O4. The van der Waals surface area contributed by atoms with Gasteiger partial charge >= 0.3 is 5.97 Å². The van der Waals surface area contributed by atoms with Gasteiger partial charge in [0.2, 0.25) is 5.76 Å². The number of nitrogens with one attached hydrogen (secondary N) is 1. The topological polar surface area (TPSA) is 92.4 Å². The van der Waals surface area contributed by atoms with Gasteiger partial charge in [0.05, 0.1) is 0 Å². The number of carboxylic acids is 1. The largest absolute Gasteiger partial charge is 0.475 e. The summed E-state index contributed by atoms with van der Waals surface area (Å²) in [7, 11) is 0. The highest BCUT2D eigenvalue weighted by atomic mass is 16.5. The van der Waals surface area contributed by atoms with E-state index in [1.165, 1.54) is 0 Å². The van der Waals surface area contributed by atoms with Crippen LogP contribution >= 0.6 is 0 Å². The molecule has 17 heavy (non-hydrogen) atoms. The summed E-state index contributed by atoms with van der Waals surface area (Å²) in [6.07, 6.45) is 2.67. The zero-order valence-electron chi connectivity index (χ0n) is 9.90. The first-order valence-electron chi connectivity index (χ1n) is 5.59. The molecule has 1 unspecified atom stereocenters. The molecule has 94 valence electrons. The molecular weight excluding hydrogens is 224 g/mol. The molecule has 1 rings (SSSR count). The van der Waals surface area contributed by atoms with Crippen molar-refractivity contribution < 1.29 is 19.2 Å². The molecule has 0 fully saturated rings. The van der Waals surface area contributed by atoms with Gasteiger partial charge in [0.1, 0.15) is 0 Å². The van der Waals surface area contributed by atoms with Crippen molar-refractivity contribution in [3.8, 4) is 0 Å². The number of aromatic nitrogens is 1. The summed E-state index contributed by atoms with van der Waals surface area (Å²) in [4.78, 5) is 22.3. The second kappa shape index (κ2) is 6.03. The summed E-state index contributed by atoms with van der Waals surface area (Å²) in [5.41, 5.74) is -0.00282. The monoisotopic (exact) mass is 240 g/mol. The van der Waals surface area contributed by atoms with Crippen LogP contribution in [0.15, 0.2) is 10.6 Å². The predicted molar refractivity (Wildman–Crippen MR) is 59.9 cm³/mol. The fourth-order valence-electron chi connectivity index (χ4n) is 1.47. The van der Waals surface area contributed by atoms with Gasteiger partial charge in [-0.3, -0.25) is 4.79 Å². The minimum Gasteiger partial charge on any atom is -0.475 e. The molecule has 0 aromatic carbocycles. The third kappa shape index (κ3) is 3.58. The quantitative estimate of drug-likeness (QED) is 0.789. The second-order valence-corrected chi connectivity index (χ2v) is 3.75. The van der Waals surface area contributed by atoms with Gasteiger partial charge in [0.15, 0.2) is 5.69 Å². The molecule has 0 bridgehead atoms. The lowest BCUT2D eigenvalue weighted by Gasteiger charge is -2.14. The van der Waals surface area contributed by atoms with Crippen LogP contribution in [0.3, 0.4) is 0 Å². The lowest BCUT2D eigenvalue weighted by molar-refractivity contribution is 0.0651. The summed E-state index contributed by atoms with van der Waals surface area (Å²) in [6, 6.07) is 1.20. The van der Waals surface area contributed by atoms with Gasteiger partial charge in [0.25, 0.3) is 5.91 Å². The normalized spacial score (nSPS) is 12.1. The van der Waals surface area contributed by atoms with Crippen LogP contribution in [0.5, 0.6) is 0 Å². The number of rotatable bonds is 6. The minimum atomic E-state index is -1.24. The standard InChI is InChI=1S/C11H16N2O4/c1-3-5-7(4-2)12-10(14)8-6-9(11(15)16)17-13-8/h6-7H,3-5H2,1-2H3,(H,12,14)(H,15,16). The Balaban J connectivity index is 2.65. The summed E-state index contributed by atoms with van der Waals surface area (Å²) < 4.78 is 4.51. The second-order valence-electron chi connectivity index (χ2n) is 3.75. The molecule has 1 atom stereocenters. The zero-order chi connectivity index (χ0) is 12.8. The number of nitrogens with zero attached hydrogens (tertiary/aromatic N) is 1. The number of aromatic carboxylic acids is 1. The van der Waals surface area contributed by atoms with Gasteiger partial charge in [-0.2, -0.15) is 0 Å². The molecule has 6 heteroatoms. The number of hydrogen-bond acceptors (Lipinski definition) is 4. The SMILES string of the molecule is CCCC(CC)NC(=O)c1cc(C(=O)O)on1. The van der Waals surface area contributed by atoms with Crippen LogP contribution < -0.4 is 5.32 Å². The lowest BCUT2D eigenvalue weighted by Crippen LogP contribution is -2.34. The Morgan fingerprint density at radius 2 is 2.24 bits per heavy atom. The van der Waals surface area contributed by atoms with E-state index in [-0.39, 0.29) is 17.5 Å². The van der Waals surface area contributed by atoms with Crippen LogP contribution in [0.4, 0.5) is 0 Å². The number of carbonyl (C=O) groups excluding carboxylic acids is 1. The third-order valence-electron chi connectivity index (χ3n) is 2.42. The lowest BCUT2D eigenvalue weighted by atomic mass is 10.1. The Bertz CT molecular complexity index is 400. The van der Waals surface area contributed by atoms with E-state index in [1.54, 1.807) is 0 Å². The Morgan fingerprint density at radius 1 is 1.53 bits per heavy atom. The third-order valence-corrected chi connectivity index (χ3v) is 2.42. The molecule has 0 spiro atoms. The van der Waals surface area contributed by atoms with E-state index in [4.69, 9.17) is 5.11 Å². The molecule has 6 nitrogen and oxygen atoms in total. The van der Waals surface area contributed by atoms with Gasteiger partial charge in [0, 0.05) is 12.1 Å². The highest BCUT2D eigenvalue weighted by Crippen LogP contribution is 2.06. The van der Waals surface area contributed by atoms with Crippen LogP contribution in [0.25, 0.3) is 0 Å². The Labute approximate surface area is 99.0 Å². The van der Waals surface area contributed by atoms with Gasteiger partial charge in [-0.25, -0.2) is 4.79 Å². The maximum atomic E-state index is 11.7. The van der Waals surface area contributed by atoms with Crippen molar-refractivity contribution in [3.63, 3.8) is 0 Å². The summed E-state index contributed by atoms with van der Waals surface area (Å²) in [6.45, 7) is 4.01. The molecule has 0 saturated heterocycles. The van der Waals surface area contributed by atoms with Crippen molar-refractivity contribution in [3.05, 3.63) is 17.5 Å². The maximum absolute atomic E-state index is 11.7. The highest BCUT2D eigenvalue weighted by molar-refractivity contribution is 5.94. The average molecular weight is 240 g/mol. The number of hydrogen-bond donors (Lipinski definition) is 2. The molecule has 0 aliphatic rings. The minimum absolute atomic E-state index is 0.00282. The van der Waals surface area contributed by atoms with Crippen molar-refractivity contribution in [2.75, 3.05) is 0 Å². The zero-order valence-corrected chi connectivity index (χ0v) is 9.90. The van der Waals surface area contributed by atoms with E-state index in [2.05, 4.69) is 15.0 Å². The van der Waals surface area contributed by atoms with Gasteiger partial charge in [-0.05, 0) is 12.8 Å². The van der Waals surface area contributed by atoms with E-state index in [0.29, 0.717) is 0 Å². The fourth-order valence-corrected chi connectivity index (χ4v) is 1.47. The first-order chi connectivity index (χ1) is 8.08. The number of carboxylic acid groups (broad SMARTS) is 1. The molecule has 1 amide bonds. The van der Waals surface area contributed by atoms with Crippen molar-refractivity contribution in [2.24, 2.45) is 0 Å². The first-order valence-corrected chi connectivity index (χ1v) is 5.59. The van der Waals surface area contributed by atoms with Crippen molar-refractivity contribution >= 4 is 11.9 Å². The van der Waals surface area contributed by atoms with Crippen LogP contribution in [0.1, 0.15) is 54.2 Å². The molecule has 1 aromatic heterocycles. The fraction of sp³-hybridized carbons (Fsp3) is 0.545. The van der Waals surface area contributed by atoms with Gasteiger partial charge in [-0.1, -0.05) is 25.4 Å². The van der Waals surface area contributed by atoms with Crippen molar-refractivity contribution in [1.29, 1.82) is 0 Å². The van der Waals surface area contributed by atoms with Gasteiger partial charge in [-0.15, -0.1) is 0 Å². The molecule has 0 aliphatic heterocycles. The molecule has 2 N–H and O–H groups in total. The Hall–Kier alpha value is -1.85. The van der Waals surface area contributed by atoms with Crippen molar-refractivity contribution in [1.82, 2.24) is 10.5 Å². The molecule has 1 aromatic rings. The van der Waals surface area contributed by atoms with Crippen LogP contribution in [0, 0.1) is 0 Å². The van der Waals surface area contributed by atoms with E-state index < -0.39 is 11.9 Å². The van der Waals surface area contributed by atoms with Crippen LogP contribution in [0.2, 0.25) is 0 Å². The summed E-state index contributed by atoms with van der Waals surface area (Å²) >= 11 is 0. The average Bonchev–Trinajstić information content (AvgIpc) is 2.77. The Kier molecular flexibility index (Phi) is 4.68. The maximum Gasteiger partial charge on any atom is 0.374 e. The van der Waals surface area contributed by atoms with Crippen LogP contribution in [-0.4, -0.2) is 28.2 Å². The molecule has 0 radical (unpaired) electrons. The van der Waals surface area contributed by atoms with E-state index in [0.717, 1.165) is 25.3 Å². The highest BCUT2D eigenvalue weighted by Gasteiger charge is 2.18. The van der Waals surface area contributed by atoms with E-state index in [9.17, 15) is 9.59 Å². The number of carbonyl (C=O) groups is 2. The Morgan fingerprint density at radius 3 is 2.71 bits per heavy atom. The van der Waals surface area contributed by atoms with E-state index in [1.807, 2.05) is 13.8 Å². The smallest absolute Gasteiger partial charge is 0.374 e. The molecule has 0 saturated carbocycles. The number of amides is 1. The predicted octanol–water partition coefficient (Wildman–Crippen LogP) is 1.68. The van der Waals surface area contributed by atoms with Crippen LogP contribution in [-0.2, 0) is 0 Å². The van der Waals surface area contributed by atoms with E-state index >= 15 is 0 Å². The molecule has 0 aliphatic carbocycles. The summed E-state index contributed by atoms with van der Waals surface area (Å²) in [5, 5.41) is 14.8. The summed E-state index contributed by atoms with van der Waals surface area (Å²) in [5.74, 6) is -1.97. The van der Waals surface area contributed by atoms with Gasteiger partial charge < -0.3 is 14.9 Å². The molecule has 1 heterocycles. The first kappa shape index (κ1) is 13.2.